The summed E-state index contributed by atoms with van der Waals surface area (Å²) in [6.07, 6.45) is 7.50. The number of hydrogen-bond acceptors (Lipinski definition) is 4. The Kier molecular flexibility index (Phi) is 4.17. The van der Waals surface area contributed by atoms with E-state index in [1.165, 1.54) is 0 Å². The van der Waals surface area contributed by atoms with Crippen molar-refractivity contribution in [1.29, 1.82) is 0 Å². The molecule has 0 radical (unpaired) electrons. The van der Waals surface area contributed by atoms with Crippen LogP contribution >= 0.6 is 0 Å². The minimum Gasteiger partial charge on any atom is -0.454 e. The molecule has 1 aromatic carbocycles. The van der Waals surface area contributed by atoms with Crippen LogP contribution in [0.15, 0.2) is 36.5 Å². The second kappa shape index (κ2) is 6.63. The maximum Gasteiger partial charge on any atom is 0.246 e. The maximum absolute atomic E-state index is 12.5. The van der Waals surface area contributed by atoms with E-state index in [1.807, 2.05) is 53.2 Å². The summed E-state index contributed by atoms with van der Waals surface area (Å²) in [5.74, 6) is 1.83. The molecule has 1 atom stereocenters. The first-order chi connectivity index (χ1) is 12.2. The SMILES string of the molecule is Cn1ccc([C@H]2CCCN(C(=O)/C=C/c3ccc4c(c3)OCO4)C2)n1. The summed E-state index contributed by atoms with van der Waals surface area (Å²) >= 11 is 0. The highest BCUT2D eigenvalue weighted by Crippen LogP contribution is 2.33. The molecule has 1 amide bonds. The van der Waals surface area contributed by atoms with E-state index in [0.29, 0.717) is 5.92 Å². The number of fused-ring (bicyclic) bond motifs is 1. The number of carbonyl (C=O) groups is 1. The zero-order chi connectivity index (χ0) is 17.2. The third-order valence-electron chi connectivity index (χ3n) is 4.70. The van der Waals surface area contributed by atoms with Crippen LogP contribution in [0.1, 0.15) is 30.0 Å². The molecule has 0 aliphatic carbocycles. The van der Waals surface area contributed by atoms with Gasteiger partial charge in [-0.05, 0) is 42.7 Å². The van der Waals surface area contributed by atoms with Gasteiger partial charge in [-0.15, -0.1) is 0 Å². The summed E-state index contributed by atoms with van der Waals surface area (Å²) in [4.78, 5) is 14.5. The van der Waals surface area contributed by atoms with Gasteiger partial charge >= 0.3 is 0 Å². The molecular weight excluding hydrogens is 318 g/mol. The molecule has 1 aromatic heterocycles. The zero-order valence-corrected chi connectivity index (χ0v) is 14.2. The van der Waals surface area contributed by atoms with Gasteiger partial charge in [0.25, 0.3) is 0 Å². The fourth-order valence-electron chi connectivity index (χ4n) is 3.36. The Labute approximate surface area is 146 Å². The van der Waals surface area contributed by atoms with Gasteiger partial charge in [-0.25, -0.2) is 0 Å². The predicted molar refractivity (Wildman–Crippen MR) is 93.4 cm³/mol. The van der Waals surface area contributed by atoms with Crippen molar-refractivity contribution in [2.24, 2.45) is 7.05 Å². The molecule has 6 nitrogen and oxygen atoms in total. The van der Waals surface area contributed by atoms with Crippen molar-refractivity contribution >= 4 is 12.0 Å². The first-order valence-corrected chi connectivity index (χ1v) is 8.55. The fourth-order valence-corrected chi connectivity index (χ4v) is 3.36. The van der Waals surface area contributed by atoms with Gasteiger partial charge in [0.05, 0.1) is 5.69 Å². The van der Waals surface area contributed by atoms with Gasteiger partial charge < -0.3 is 14.4 Å². The molecule has 2 aromatic rings. The highest BCUT2D eigenvalue weighted by Gasteiger charge is 2.25. The number of hydrogen-bond donors (Lipinski definition) is 0. The number of piperidine rings is 1. The third-order valence-corrected chi connectivity index (χ3v) is 4.70. The Bertz CT molecular complexity index is 812. The van der Waals surface area contributed by atoms with Crippen molar-refractivity contribution in [2.45, 2.75) is 18.8 Å². The van der Waals surface area contributed by atoms with E-state index >= 15 is 0 Å². The van der Waals surface area contributed by atoms with Crippen LogP contribution in [-0.4, -0.2) is 40.5 Å². The monoisotopic (exact) mass is 339 g/mol. The molecule has 0 bridgehead atoms. The fraction of sp³-hybridized carbons (Fsp3) is 0.368. The van der Waals surface area contributed by atoms with Gasteiger partial charge in [0, 0.05) is 38.3 Å². The van der Waals surface area contributed by atoms with Crippen molar-refractivity contribution < 1.29 is 14.3 Å². The van der Waals surface area contributed by atoms with E-state index in [-0.39, 0.29) is 12.7 Å². The first-order valence-electron chi connectivity index (χ1n) is 8.55. The van der Waals surface area contributed by atoms with Crippen LogP contribution in [0, 0.1) is 0 Å². The van der Waals surface area contributed by atoms with E-state index in [4.69, 9.17) is 9.47 Å². The molecule has 3 heterocycles. The Hall–Kier alpha value is -2.76. The Balaban J connectivity index is 1.42. The first kappa shape index (κ1) is 15.7. The smallest absolute Gasteiger partial charge is 0.246 e. The van der Waals surface area contributed by atoms with Crippen LogP contribution in [-0.2, 0) is 11.8 Å². The average molecular weight is 339 g/mol. The molecule has 0 unspecified atom stereocenters. The molecule has 2 aliphatic heterocycles. The van der Waals surface area contributed by atoms with Crippen molar-refractivity contribution in [2.75, 3.05) is 19.9 Å². The number of carbonyl (C=O) groups excluding carboxylic acids is 1. The summed E-state index contributed by atoms with van der Waals surface area (Å²) in [5, 5.41) is 4.49. The number of amides is 1. The average Bonchev–Trinajstić information content (AvgIpc) is 3.28. The van der Waals surface area contributed by atoms with E-state index in [0.717, 1.165) is 48.7 Å². The zero-order valence-electron chi connectivity index (χ0n) is 14.2. The molecule has 0 saturated carbocycles. The largest absolute Gasteiger partial charge is 0.454 e. The second-order valence-corrected chi connectivity index (χ2v) is 6.48. The van der Waals surface area contributed by atoms with Crippen LogP contribution in [0.3, 0.4) is 0 Å². The quantitative estimate of drug-likeness (QED) is 0.807. The van der Waals surface area contributed by atoms with Crippen molar-refractivity contribution in [1.82, 2.24) is 14.7 Å². The van der Waals surface area contributed by atoms with Crippen LogP contribution in [0.5, 0.6) is 11.5 Å². The minimum absolute atomic E-state index is 0.0401. The Morgan fingerprint density at radius 2 is 2.16 bits per heavy atom. The lowest BCUT2D eigenvalue weighted by Gasteiger charge is -2.31. The molecular formula is C19H21N3O3. The highest BCUT2D eigenvalue weighted by atomic mass is 16.7. The number of nitrogens with zero attached hydrogens (tertiary/aromatic N) is 3. The number of benzene rings is 1. The summed E-state index contributed by atoms with van der Waals surface area (Å²) in [6, 6.07) is 7.72. The molecule has 1 fully saturated rings. The third kappa shape index (κ3) is 3.38. The maximum atomic E-state index is 12.5. The topological polar surface area (TPSA) is 56.6 Å². The number of aryl methyl sites for hydroxylation is 1. The number of ether oxygens (including phenoxy) is 2. The lowest BCUT2D eigenvalue weighted by molar-refractivity contribution is -0.127. The van der Waals surface area contributed by atoms with Crippen LogP contribution in [0.25, 0.3) is 6.08 Å². The van der Waals surface area contributed by atoms with Crippen molar-refractivity contribution in [3.8, 4) is 11.5 Å². The van der Waals surface area contributed by atoms with Gasteiger partial charge in [-0.1, -0.05) is 6.07 Å². The number of aromatic nitrogens is 2. The Morgan fingerprint density at radius 3 is 3.00 bits per heavy atom. The predicted octanol–water partition coefficient (Wildman–Crippen LogP) is 2.57. The standard InChI is InChI=1S/C19H21N3O3/c1-21-10-8-16(20-21)15-3-2-9-22(12-15)19(23)7-5-14-4-6-17-18(11-14)25-13-24-17/h4-8,10-11,15H,2-3,9,12-13H2,1H3/b7-5+/t15-/m0/s1. The van der Waals surface area contributed by atoms with Gasteiger partial charge in [0.2, 0.25) is 12.7 Å². The molecule has 0 spiro atoms. The molecule has 130 valence electrons. The van der Waals surface area contributed by atoms with Gasteiger partial charge in [0.1, 0.15) is 0 Å². The summed E-state index contributed by atoms with van der Waals surface area (Å²) in [7, 11) is 1.92. The number of likely N-dealkylation sites (tertiary alicyclic amines) is 1. The molecule has 2 aliphatic rings. The van der Waals surface area contributed by atoms with Gasteiger partial charge in [-0.2, -0.15) is 5.10 Å². The summed E-state index contributed by atoms with van der Waals surface area (Å²) in [5.41, 5.74) is 2.00. The number of rotatable bonds is 3. The lowest BCUT2D eigenvalue weighted by Crippen LogP contribution is -2.38. The van der Waals surface area contributed by atoms with E-state index in [1.54, 1.807) is 6.08 Å². The second-order valence-electron chi connectivity index (χ2n) is 6.48. The van der Waals surface area contributed by atoms with Crippen LogP contribution < -0.4 is 9.47 Å². The van der Waals surface area contributed by atoms with Crippen LogP contribution in [0.4, 0.5) is 0 Å². The molecule has 0 N–H and O–H groups in total. The van der Waals surface area contributed by atoms with Crippen molar-refractivity contribution in [3.63, 3.8) is 0 Å². The van der Waals surface area contributed by atoms with E-state index in [2.05, 4.69) is 5.10 Å². The lowest BCUT2D eigenvalue weighted by atomic mass is 9.95. The normalized spacial score (nSPS) is 19.6. The molecule has 25 heavy (non-hydrogen) atoms. The van der Waals surface area contributed by atoms with Gasteiger partial charge in [0.15, 0.2) is 11.5 Å². The van der Waals surface area contributed by atoms with Gasteiger partial charge in [-0.3, -0.25) is 9.48 Å². The highest BCUT2D eigenvalue weighted by molar-refractivity contribution is 5.92. The van der Waals surface area contributed by atoms with Crippen molar-refractivity contribution in [3.05, 3.63) is 47.8 Å². The summed E-state index contributed by atoms with van der Waals surface area (Å²) < 4.78 is 12.5. The van der Waals surface area contributed by atoms with E-state index < -0.39 is 0 Å². The molecule has 4 rings (SSSR count). The molecule has 1 saturated heterocycles. The van der Waals surface area contributed by atoms with Crippen LogP contribution in [0.2, 0.25) is 0 Å². The Morgan fingerprint density at radius 1 is 1.28 bits per heavy atom. The molecule has 6 heteroatoms. The summed E-state index contributed by atoms with van der Waals surface area (Å²) in [6.45, 7) is 1.78. The van der Waals surface area contributed by atoms with E-state index in [9.17, 15) is 4.79 Å². The minimum atomic E-state index is 0.0401.